The summed E-state index contributed by atoms with van der Waals surface area (Å²) in [5, 5.41) is 15.7. The van der Waals surface area contributed by atoms with Gasteiger partial charge in [-0.3, -0.25) is 4.79 Å². The molecular weight excluding hydrogens is 468 g/mol. The Labute approximate surface area is 207 Å². The molecule has 34 heavy (non-hydrogen) atoms. The number of allylic oxidation sites excluding steroid dienone is 1. The minimum Gasteiger partial charge on any atom is -0.507 e. The highest BCUT2D eigenvalue weighted by Gasteiger charge is 2.14. The highest BCUT2D eigenvalue weighted by Crippen LogP contribution is 2.27. The lowest BCUT2D eigenvalue weighted by molar-refractivity contribution is -0.118. The lowest BCUT2D eigenvalue weighted by Crippen LogP contribution is -2.20. The molecule has 6 nitrogen and oxygen atoms in total. The molecule has 0 fully saturated rings. The second-order valence-electron chi connectivity index (χ2n) is 7.49. The van der Waals surface area contributed by atoms with E-state index in [1.165, 1.54) is 18.0 Å². The Bertz CT molecular complexity index is 1370. The van der Waals surface area contributed by atoms with E-state index in [1.54, 1.807) is 12.1 Å². The molecule has 1 heterocycles. The summed E-state index contributed by atoms with van der Waals surface area (Å²) in [6.07, 6.45) is 3.69. The van der Waals surface area contributed by atoms with Gasteiger partial charge in [-0.2, -0.15) is 5.10 Å². The van der Waals surface area contributed by atoms with Crippen molar-refractivity contribution in [2.75, 3.05) is 5.75 Å². The van der Waals surface area contributed by atoms with Gasteiger partial charge < -0.3 is 9.67 Å². The van der Waals surface area contributed by atoms with Crippen molar-refractivity contribution < 1.29 is 9.90 Å². The number of nitrogens with zero attached hydrogens (tertiary/aromatic N) is 3. The summed E-state index contributed by atoms with van der Waals surface area (Å²) in [5.41, 5.74) is 6.58. The number of imidazole rings is 1. The third kappa shape index (κ3) is 5.50. The average Bonchev–Trinajstić information content (AvgIpc) is 3.19. The van der Waals surface area contributed by atoms with E-state index in [2.05, 4.69) is 21.7 Å². The van der Waals surface area contributed by atoms with Crippen LogP contribution in [0.15, 0.2) is 89.6 Å². The number of hydrazone groups is 1. The fourth-order valence-electron chi connectivity index (χ4n) is 3.49. The van der Waals surface area contributed by atoms with Gasteiger partial charge in [-0.05, 0) is 41.8 Å². The third-order valence-electron chi connectivity index (χ3n) is 5.15. The molecule has 0 bridgehead atoms. The maximum atomic E-state index is 12.4. The van der Waals surface area contributed by atoms with Crippen molar-refractivity contribution in [3.63, 3.8) is 0 Å². The van der Waals surface area contributed by atoms with Gasteiger partial charge in [0.1, 0.15) is 5.75 Å². The number of carbonyl (C=O) groups is 1. The topological polar surface area (TPSA) is 79.5 Å². The Balaban J connectivity index is 1.45. The lowest BCUT2D eigenvalue weighted by atomic mass is 10.1. The monoisotopic (exact) mass is 490 g/mol. The Hall–Kier alpha value is -3.55. The van der Waals surface area contributed by atoms with Gasteiger partial charge in [-0.15, -0.1) is 6.58 Å². The molecule has 0 aliphatic rings. The highest BCUT2D eigenvalue weighted by molar-refractivity contribution is 7.99. The average molecular weight is 491 g/mol. The van der Waals surface area contributed by atoms with E-state index in [9.17, 15) is 9.90 Å². The Morgan fingerprint density at radius 3 is 2.71 bits per heavy atom. The van der Waals surface area contributed by atoms with E-state index < -0.39 is 0 Å². The summed E-state index contributed by atoms with van der Waals surface area (Å²) in [4.78, 5) is 17.1. The summed E-state index contributed by atoms with van der Waals surface area (Å²) < 4.78 is 2.06. The van der Waals surface area contributed by atoms with Crippen molar-refractivity contribution in [2.45, 2.75) is 18.1 Å². The number of fused-ring (bicyclic) bond motifs is 1. The van der Waals surface area contributed by atoms with Gasteiger partial charge in [-0.25, -0.2) is 10.4 Å². The number of hydrogen-bond donors (Lipinski definition) is 2. The van der Waals surface area contributed by atoms with Crippen LogP contribution >= 0.6 is 23.4 Å². The standard InChI is InChI=1S/C26H23ClN4O2S/c1-2-8-18-10-7-11-19(25(18)33)15-28-30-24(32)17-34-26-29-22-13-5-6-14-23(22)31(26)16-20-9-3-4-12-21(20)27/h2-7,9-15,33H,1,8,16-17H2,(H,30,32)/b28-15-. The molecule has 172 valence electrons. The number of benzene rings is 3. The molecule has 2 N–H and O–H groups in total. The molecule has 4 aromatic rings. The largest absolute Gasteiger partial charge is 0.507 e. The van der Waals surface area contributed by atoms with Crippen LogP contribution in [0.1, 0.15) is 16.7 Å². The van der Waals surface area contributed by atoms with Crippen LogP contribution in [0.3, 0.4) is 0 Å². The van der Waals surface area contributed by atoms with Crippen molar-refractivity contribution in [1.29, 1.82) is 0 Å². The molecule has 0 unspecified atom stereocenters. The zero-order valence-corrected chi connectivity index (χ0v) is 19.9. The smallest absolute Gasteiger partial charge is 0.250 e. The summed E-state index contributed by atoms with van der Waals surface area (Å²) in [7, 11) is 0. The predicted octanol–water partition coefficient (Wildman–Crippen LogP) is 5.41. The van der Waals surface area contributed by atoms with Crippen LogP contribution in [-0.4, -0.2) is 32.5 Å². The van der Waals surface area contributed by atoms with Crippen molar-refractivity contribution in [3.05, 3.63) is 101 Å². The minimum atomic E-state index is -0.278. The number of amides is 1. The van der Waals surface area contributed by atoms with Gasteiger partial charge in [0.25, 0.3) is 5.91 Å². The maximum absolute atomic E-state index is 12.4. The quantitative estimate of drug-likeness (QED) is 0.142. The van der Waals surface area contributed by atoms with E-state index >= 15 is 0 Å². The molecule has 0 radical (unpaired) electrons. The van der Waals surface area contributed by atoms with Crippen LogP contribution < -0.4 is 5.43 Å². The van der Waals surface area contributed by atoms with Crippen molar-refractivity contribution >= 4 is 46.5 Å². The molecule has 0 atom stereocenters. The minimum absolute atomic E-state index is 0.128. The number of thioether (sulfide) groups is 1. The van der Waals surface area contributed by atoms with Crippen molar-refractivity contribution in [3.8, 4) is 5.75 Å². The Morgan fingerprint density at radius 1 is 1.12 bits per heavy atom. The van der Waals surface area contributed by atoms with Crippen LogP contribution in [0, 0.1) is 0 Å². The second-order valence-corrected chi connectivity index (χ2v) is 8.84. The molecule has 4 rings (SSSR count). The fourth-order valence-corrected chi connectivity index (χ4v) is 4.49. The zero-order chi connectivity index (χ0) is 23.9. The summed E-state index contributed by atoms with van der Waals surface area (Å²) >= 11 is 7.70. The van der Waals surface area contributed by atoms with Gasteiger partial charge >= 0.3 is 0 Å². The van der Waals surface area contributed by atoms with E-state index in [0.717, 1.165) is 27.3 Å². The molecule has 0 saturated carbocycles. The highest BCUT2D eigenvalue weighted by atomic mass is 35.5. The van der Waals surface area contributed by atoms with Crippen molar-refractivity contribution in [1.82, 2.24) is 15.0 Å². The van der Waals surface area contributed by atoms with Crippen LogP contribution in [0.25, 0.3) is 11.0 Å². The Morgan fingerprint density at radius 2 is 1.88 bits per heavy atom. The summed E-state index contributed by atoms with van der Waals surface area (Å²) in [5.74, 6) is -0.0199. The molecule has 0 spiro atoms. The van der Waals surface area contributed by atoms with Gasteiger partial charge in [0.05, 0.1) is 29.5 Å². The number of phenols is 1. The third-order valence-corrected chi connectivity index (χ3v) is 6.49. The van der Waals surface area contributed by atoms with Crippen LogP contribution in [-0.2, 0) is 17.8 Å². The molecule has 0 saturated heterocycles. The maximum Gasteiger partial charge on any atom is 0.250 e. The summed E-state index contributed by atoms with van der Waals surface area (Å²) in [6, 6.07) is 20.9. The normalized spacial score (nSPS) is 11.2. The first-order chi connectivity index (χ1) is 16.6. The van der Waals surface area contributed by atoms with Crippen molar-refractivity contribution in [2.24, 2.45) is 5.10 Å². The van der Waals surface area contributed by atoms with Gasteiger partial charge in [0, 0.05) is 10.6 Å². The number of aromatic nitrogens is 2. The first-order valence-electron chi connectivity index (χ1n) is 10.6. The number of halogens is 1. The number of rotatable bonds is 9. The molecule has 1 aromatic heterocycles. The van der Waals surface area contributed by atoms with E-state index in [1.807, 2.05) is 60.7 Å². The van der Waals surface area contributed by atoms with Crippen LogP contribution in [0.4, 0.5) is 0 Å². The summed E-state index contributed by atoms with van der Waals surface area (Å²) in [6.45, 7) is 4.23. The Kier molecular flexibility index (Phi) is 7.67. The first-order valence-corrected chi connectivity index (χ1v) is 12.0. The van der Waals surface area contributed by atoms with Gasteiger partial charge in [0.15, 0.2) is 5.16 Å². The lowest BCUT2D eigenvalue weighted by Gasteiger charge is -2.10. The second kappa shape index (κ2) is 11.0. The SMILES string of the molecule is C=CCc1cccc(/C=N\NC(=O)CSc2nc3ccccc3n2Cc2ccccc2Cl)c1O. The van der Waals surface area contributed by atoms with Gasteiger partial charge in [0.2, 0.25) is 0 Å². The number of carbonyl (C=O) groups excluding carboxylic acids is 1. The number of aromatic hydroxyl groups is 1. The number of nitrogens with one attached hydrogen (secondary N) is 1. The fraction of sp³-hybridized carbons (Fsp3) is 0.115. The van der Waals surface area contributed by atoms with E-state index in [0.29, 0.717) is 23.6 Å². The van der Waals surface area contributed by atoms with E-state index in [-0.39, 0.29) is 17.4 Å². The van der Waals surface area contributed by atoms with Crippen LogP contribution in [0.5, 0.6) is 5.75 Å². The molecule has 0 aliphatic heterocycles. The first kappa shape index (κ1) is 23.6. The molecular formula is C26H23ClN4O2S. The molecule has 3 aromatic carbocycles. The van der Waals surface area contributed by atoms with E-state index in [4.69, 9.17) is 16.6 Å². The van der Waals surface area contributed by atoms with Gasteiger partial charge in [-0.1, -0.05) is 71.9 Å². The predicted molar refractivity (Wildman–Crippen MR) is 139 cm³/mol. The number of para-hydroxylation sites is 3. The number of phenolic OH excluding ortho intramolecular Hbond substituents is 1. The molecule has 8 heteroatoms. The zero-order valence-electron chi connectivity index (χ0n) is 18.3. The number of hydrogen-bond acceptors (Lipinski definition) is 5. The molecule has 0 aliphatic carbocycles. The molecule has 1 amide bonds. The van der Waals surface area contributed by atoms with Crippen LogP contribution in [0.2, 0.25) is 5.02 Å².